The van der Waals surface area contributed by atoms with Crippen molar-refractivity contribution in [2.45, 2.75) is 38.8 Å². The van der Waals surface area contributed by atoms with Crippen molar-refractivity contribution in [1.82, 2.24) is 10.2 Å². The topological polar surface area (TPSA) is 63.9 Å². The minimum atomic E-state index is 0.0878. The van der Waals surface area contributed by atoms with Gasteiger partial charge >= 0.3 is 0 Å². The van der Waals surface area contributed by atoms with Crippen LogP contribution in [-0.2, 0) is 17.9 Å². The maximum atomic E-state index is 12.3. The van der Waals surface area contributed by atoms with Crippen molar-refractivity contribution in [3.05, 3.63) is 47.9 Å². The first-order chi connectivity index (χ1) is 13.7. The van der Waals surface area contributed by atoms with E-state index in [0.29, 0.717) is 18.9 Å². The molecule has 1 aliphatic heterocycles. The molecule has 0 spiro atoms. The predicted octanol–water partition coefficient (Wildman–Crippen LogP) is 3.61. The van der Waals surface area contributed by atoms with Gasteiger partial charge in [-0.2, -0.15) is 0 Å². The van der Waals surface area contributed by atoms with Crippen LogP contribution in [-0.4, -0.2) is 38.1 Å². The molecule has 0 radical (unpaired) electrons. The SMILES string of the molecule is COc1ccc(CNC(=O)CC[C@H]2CCCN(Cc3ccoc3)C2)c(OC)c1. The quantitative estimate of drug-likeness (QED) is 0.713. The highest BCUT2D eigenvalue weighted by Crippen LogP contribution is 2.25. The van der Waals surface area contributed by atoms with Crippen LogP contribution in [0.3, 0.4) is 0 Å². The fraction of sp³-hybridized carbons (Fsp3) is 0.500. The Morgan fingerprint density at radius 1 is 1.29 bits per heavy atom. The number of nitrogens with zero attached hydrogens (tertiary/aromatic N) is 1. The van der Waals surface area contributed by atoms with E-state index in [2.05, 4.69) is 10.2 Å². The number of hydrogen-bond acceptors (Lipinski definition) is 5. The van der Waals surface area contributed by atoms with Gasteiger partial charge < -0.3 is 19.2 Å². The standard InChI is InChI=1S/C22H30N2O4/c1-26-20-7-6-19(21(12-20)27-2)13-23-22(25)8-5-17-4-3-10-24(14-17)15-18-9-11-28-16-18/h6-7,9,11-12,16-17H,3-5,8,10,13-15H2,1-2H3,(H,23,25)/t17-/m1/s1. The normalized spacial score (nSPS) is 17.3. The second-order valence-corrected chi connectivity index (χ2v) is 7.37. The third-order valence-corrected chi connectivity index (χ3v) is 5.34. The lowest BCUT2D eigenvalue weighted by molar-refractivity contribution is -0.121. The van der Waals surface area contributed by atoms with Crippen LogP contribution in [0.15, 0.2) is 41.2 Å². The number of likely N-dealkylation sites (tertiary alicyclic amines) is 1. The highest BCUT2D eigenvalue weighted by atomic mass is 16.5. The van der Waals surface area contributed by atoms with E-state index < -0.39 is 0 Å². The molecule has 2 heterocycles. The highest BCUT2D eigenvalue weighted by molar-refractivity contribution is 5.75. The molecule has 2 aromatic rings. The van der Waals surface area contributed by atoms with E-state index in [9.17, 15) is 4.79 Å². The van der Waals surface area contributed by atoms with E-state index in [1.54, 1.807) is 20.5 Å². The van der Waals surface area contributed by atoms with Gasteiger partial charge in [0.1, 0.15) is 11.5 Å². The summed E-state index contributed by atoms with van der Waals surface area (Å²) in [5, 5.41) is 3.01. The molecule has 0 saturated carbocycles. The number of ether oxygens (including phenoxy) is 2. The maximum Gasteiger partial charge on any atom is 0.220 e. The van der Waals surface area contributed by atoms with E-state index in [1.165, 1.54) is 18.4 Å². The molecule has 1 atom stereocenters. The summed E-state index contributed by atoms with van der Waals surface area (Å²) in [4.78, 5) is 14.8. The zero-order valence-corrected chi connectivity index (χ0v) is 16.8. The number of carbonyl (C=O) groups is 1. The molecule has 0 unspecified atom stereocenters. The Kier molecular flexibility index (Phi) is 7.37. The van der Waals surface area contributed by atoms with Crippen molar-refractivity contribution in [2.24, 2.45) is 5.92 Å². The molecule has 0 aliphatic carbocycles. The molecule has 1 amide bonds. The van der Waals surface area contributed by atoms with Gasteiger partial charge in [0.25, 0.3) is 0 Å². The Balaban J connectivity index is 1.41. The van der Waals surface area contributed by atoms with Crippen LogP contribution in [0.5, 0.6) is 11.5 Å². The first-order valence-electron chi connectivity index (χ1n) is 9.89. The lowest BCUT2D eigenvalue weighted by atomic mass is 9.93. The second-order valence-electron chi connectivity index (χ2n) is 7.37. The van der Waals surface area contributed by atoms with Gasteiger partial charge in [0.2, 0.25) is 5.91 Å². The van der Waals surface area contributed by atoms with E-state index >= 15 is 0 Å². The number of hydrogen-bond donors (Lipinski definition) is 1. The van der Waals surface area contributed by atoms with Crippen molar-refractivity contribution in [1.29, 1.82) is 0 Å². The Morgan fingerprint density at radius 3 is 2.93 bits per heavy atom. The average Bonchev–Trinajstić information content (AvgIpc) is 3.23. The first-order valence-corrected chi connectivity index (χ1v) is 9.89. The second kappa shape index (κ2) is 10.2. The minimum Gasteiger partial charge on any atom is -0.497 e. The third kappa shape index (κ3) is 5.76. The number of carbonyl (C=O) groups excluding carboxylic acids is 1. The zero-order valence-electron chi connectivity index (χ0n) is 16.8. The highest BCUT2D eigenvalue weighted by Gasteiger charge is 2.21. The summed E-state index contributed by atoms with van der Waals surface area (Å²) in [6.45, 7) is 3.55. The smallest absolute Gasteiger partial charge is 0.220 e. The molecule has 152 valence electrons. The fourth-order valence-corrected chi connectivity index (χ4v) is 3.79. The Hall–Kier alpha value is -2.47. The van der Waals surface area contributed by atoms with Gasteiger partial charge in [-0.3, -0.25) is 9.69 Å². The van der Waals surface area contributed by atoms with Gasteiger partial charge in [-0.15, -0.1) is 0 Å². The minimum absolute atomic E-state index is 0.0878. The van der Waals surface area contributed by atoms with Crippen LogP contribution in [0.2, 0.25) is 0 Å². The fourth-order valence-electron chi connectivity index (χ4n) is 3.79. The number of amides is 1. The Morgan fingerprint density at radius 2 is 2.18 bits per heavy atom. The molecule has 6 nitrogen and oxygen atoms in total. The van der Waals surface area contributed by atoms with Crippen LogP contribution in [0, 0.1) is 5.92 Å². The van der Waals surface area contributed by atoms with Crippen molar-refractivity contribution in [2.75, 3.05) is 27.3 Å². The molecule has 1 fully saturated rings. The van der Waals surface area contributed by atoms with Crippen LogP contribution >= 0.6 is 0 Å². The van der Waals surface area contributed by atoms with Crippen molar-refractivity contribution < 1.29 is 18.7 Å². The summed E-state index contributed by atoms with van der Waals surface area (Å²) >= 11 is 0. The molecule has 1 aromatic heterocycles. The first kappa shape index (κ1) is 20.3. The summed E-state index contributed by atoms with van der Waals surface area (Å²) in [6, 6.07) is 7.65. The monoisotopic (exact) mass is 386 g/mol. The third-order valence-electron chi connectivity index (χ3n) is 5.34. The summed E-state index contributed by atoms with van der Waals surface area (Å²) in [5.41, 5.74) is 2.16. The van der Waals surface area contributed by atoms with Crippen molar-refractivity contribution >= 4 is 5.91 Å². The zero-order chi connectivity index (χ0) is 19.8. The Bertz CT molecular complexity index is 745. The molecule has 1 aromatic carbocycles. The maximum absolute atomic E-state index is 12.3. The van der Waals surface area contributed by atoms with Gasteiger partial charge in [0, 0.05) is 43.2 Å². The largest absolute Gasteiger partial charge is 0.497 e. The Labute approximate surface area is 166 Å². The van der Waals surface area contributed by atoms with Gasteiger partial charge in [0.15, 0.2) is 0 Å². The number of furan rings is 1. The number of methoxy groups -OCH3 is 2. The lowest BCUT2D eigenvalue weighted by Crippen LogP contribution is -2.35. The molecule has 0 bridgehead atoms. The molecule has 3 rings (SSSR count). The number of nitrogens with one attached hydrogen (secondary N) is 1. The molecule has 1 N–H and O–H groups in total. The molecule has 1 saturated heterocycles. The predicted molar refractivity (Wildman–Crippen MR) is 107 cm³/mol. The van der Waals surface area contributed by atoms with E-state index in [0.717, 1.165) is 43.1 Å². The molecular weight excluding hydrogens is 356 g/mol. The summed E-state index contributed by atoms with van der Waals surface area (Å²) < 4.78 is 15.8. The number of benzene rings is 1. The summed E-state index contributed by atoms with van der Waals surface area (Å²) in [5.74, 6) is 2.12. The van der Waals surface area contributed by atoms with E-state index in [-0.39, 0.29) is 5.91 Å². The number of piperidine rings is 1. The van der Waals surface area contributed by atoms with Gasteiger partial charge in [-0.05, 0) is 49.9 Å². The number of rotatable bonds is 9. The van der Waals surface area contributed by atoms with Crippen LogP contribution < -0.4 is 14.8 Å². The summed E-state index contributed by atoms with van der Waals surface area (Å²) in [6.07, 6.45) is 7.40. The summed E-state index contributed by atoms with van der Waals surface area (Å²) in [7, 11) is 3.25. The van der Waals surface area contributed by atoms with Crippen LogP contribution in [0.25, 0.3) is 0 Å². The van der Waals surface area contributed by atoms with Crippen molar-refractivity contribution in [3.8, 4) is 11.5 Å². The molecule has 1 aliphatic rings. The van der Waals surface area contributed by atoms with Crippen LogP contribution in [0.4, 0.5) is 0 Å². The van der Waals surface area contributed by atoms with Crippen molar-refractivity contribution in [3.63, 3.8) is 0 Å². The molecule has 6 heteroatoms. The lowest BCUT2D eigenvalue weighted by Gasteiger charge is -2.32. The van der Waals surface area contributed by atoms with E-state index in [1.807, 2.05) is 30.5 Å². The van der Waals surface area contributed by atoms with Gasteiger partial charge in [0.05, 0.1) is 26.7 Å². The van der Waals surface area contributed by atoms with E-state index in [4.69, 9.17) is 13.9 Å². The molecular formula is C22H30N2O4. The van der Waals surface area contributed by atoms with Crippen LogP contribution in [0.1, 0.15) is 36.8 Å². The average molecular weight is 386 g/mol. The van der Waals surface area contributed by atoms with Gasteiger partial charge in [-0.25, -0.2) is 0 Å². The van der Waals surface area contributed by atoms with Gasteiger partial charge in [-0.1, -0.05) is 0 Å². The molecule has 28 heavy (non-hydrogen) atoms.